The molecule has 7 nitrogen and oxygen atoms in total. The summed E-state index contributed by atoms with van der Waals surface area (Å²) in [6, 6.07) is 1.21. The topological polar surface area (TPSA) is 95.4 Å². The van der Waals surface area contributed by atoms with E-state index >= 15 is 0 Å². The first kappa shape index (κ1) is 15.0. The van der Waals surface area contributed by atoms with Gasteiger partial charge in [-0.3, -0.25) is 19.1 Å². The van der Waals surface area contributed by atoms with Gasteiger partial charge in [-0.1, -0.05) is 13.3 Å². The summed E-state index contributed by atoms with van der Waals surface area (Å²) < 4.78 is 1.18. The molecular formula is C15H21N3O4. The minimum Gasteiger partial charge on any atom is -0.387 e. The van der Waals surface area contributed by atoms with Crippen LogP contribution in [0.3, 0.4) is 0 Å². The number of aromatic amines is 1. The van der Waals surface area contributed by atoms with Gasteiger partial charge >= 0.3 is 5.69 Å². The van der Waals surface area contributed by atoms with Gasteiger partial charge in [0.05, 0.1) is 12.1 Å². The highest BCUT2D eigenvalue weighted by Gasteiger charge is 2.50. The molecule has 2 N–H and O–H groups in total. The number of carbonyl (C=O) groups excluding carboxylic acids is 1. The molecule has 120 valence electrons. The molecule has 0 spiro atoms. The van der Waals surface area contributed by atoms with Crippen LogP contribution in [0.2, 0.25) is 0 Å². The third kappa shape index (κ3) is 2.49. The second kappa shape index (κ2) is 5.39. The van der Waals surface area contributed by atoms with Crippen LogP contribution in [0.25, 0.3) is 0 Å². The highest BCUT2D eigenvalue weighted by molar-refractivity contribution is 5.76. The summed E-state index contributed by atoms with van der Waals surface area (Å²) >= 11 is 0. The SMILES string of the molecule is C[C@H]1CN(C(=O)Cn2ccc(=O)[nH]c2=O)C[C@]1(O)C1CCC1. The van der Waals surface area contributed by atoms with E-state index in [0.29, 0.717) is 13.1 Å². The number of β-amino-alcohol motifs (C(OH)–C–C–N with tert-alkyl or cyclic N) is 1. The zero-order valence-corrected chi connectivity index (χ0v) is 12.6. The molecule has 1 aromatic rings. The Kier molecular flexibility index (Phi) is 3.68. The van der Waals surface area contributed by atoms with Gasteiger partial charge in [-0.25, -0.2) is 4.79 Å². The third-order valence-corrected chi connectivity index (χ3v) is 5.16. The van der Waals surface area contributed by atoms with Gasteiger partial charge in [-0.2, -0.15) is 0 Å². The van der Waals surface area contributed by atoms with Crippen LogP contribution >= 0.6 is 0 Å². The van der Waals surface area contributed by atoms with E-state index < -0.39 is 16.9 Å². The largest absolute Gasteiger partial charge is 0.387 e. The highest BCUT2D eigenvalue weighted by atomic mass is 16.3. The standard InChI is InChI=1S/C15H21N3O4/c1-10-7-18(9-15(10,22)11-3-2-4-11)13(20)8-17-6-5-12(19)16-14(17)21/h5-6,10-11,22H,2-4,7-9H2,1H3,(H,16,19,21)/t10-,15+/m0/s1. The molecule has 2 atom stereocenters. The van der Waals surface area contributed by atoms with Crippen LogP contribution in [0, 0.1) is 11.8 Å². The molecule has 1 aliphatic heterocycles. The number of aromatic nitrogens is 2. The van der Waals surface area contributed by atoms with E-state index in [1.807, 2.05) is 6.92 Å². The Bertz CT molecular complexity index is 691. The smallest absolute Gasteiger partial charge is 0.328 e. The third-order valence-electron chi connectivity index (χ3n) is 5.16. The Morgan fingerprint density at radius 1 is 1.45 bits per heavy atom. The molecule has 1 amide bonds. The number of carbonyl (C=O) groups is 1. The van der Waals surface area contributed by atoms with E-state index in [4.69, 9.17) is 0 Å². The van der Waals surface area contributed by atoms with Crippen molar-refractivity contribution in [2.75, 3.05) is 13.1 Å². The molecular weight excluding hydrogens is 286 g/mol. The quantitative estimate of drug-likeness (QED) is 0.790. The van der Waals surface area contributed by atoms with Gasteiger partial charge < -0.3 is 10.0 Å². The first-order valence-electron chi connectivity index (χ1n) is 7.70. The van der Waals surface area contributed by atoms with Crippen LogP contribution in [0.15, 0.2) is 21.9 Å². The van der Waals surface area contributed by atoms with Gasteiger partial charge in [0.1, 0.15) is 6.54 Å². The van der Waals surface area contributed by atoms with Crippen LogP contribution in [0.4, 0.5) is 0 Å². The van der Waals surface area contributed by atoms with E-state index in [0.717, 1.165) is 19.3 Å². The minimum atomic E-state index is -0.802. The predicted octanol–water partition coefficient (Wildman–Crippen LogP) is -0.454. The maximum absolute atomic E-state index is 12.4. The van der Waals surface area contributed by atoms with Gasteiger partial charge in [0.25, 0.3) is 5.56 Å². The first-order valence-corrected chi connectivity index (χ1v) is 7.70. The van der Waals surface area contributed by atoms with Crippen LogP contribution in [0.1, 0.15) is 26.2 Å². The second-order valence-electron chi connectivity index (χ2n) is 6.53. The molecule has 7 heteroatoms. The lowest BCUT2D eigenvalue weighted by Crippen LogP contribution is -2.48. The molecule has 0 radical (unpaired) electrons. The molecule has 0 bridgehead atoms. The summed E-state index contributed by atoms with van der Waals surface area (Å²) in [7, 11) is 0. The molecule has 22 heavy (non-hydrogen) atoms. The van der Waals surface area contributed by atoms with Crippen LogP contribution < -0.4 is 11.2 Å². The van der Waals surface area contributed by atoms with Crippen molar-refractivity contribution < 1.29 is 9.90 Å². The fraction of sp³-hybridized carbons (Fsp3) is 0.667. The predicted molar refractivity (Wildman–Crippen MR) is 79.4 cm³/mol. The highest BCUT2D eigenvalue weighted by Crippen LogP contribution is 2.44. The van der Waals surface area contributed by atoms with E-state index in [1.54, 1.807) is 4.90 Å². The Morgan fingerprint density at radius 3 is 2.77 bits per heavy atom. The van der Waals surface area contributed by atoms with E-state index in [9.17, 15) is 19.5 Å². The maximum atomic E-state index is 12.4. The van der Waals surface area contributed by atoms with E-state index in [-0.39, 0.29) is 24.3 Å². The fourth-order valence-electron chi connectivity index (χ4n) is 3.46. The van der Waals surface area contributed by atoms with Crippen LogP contribution in [0.5, 0.6) is 0 Å². The maximum Gasteiger partial charge on any atom is 0.328 e. The summed E-state index contributed by atoms with van der Waals surface area (Å²) in [5.74, 6) is 0.0985. The van der Waals surface area contributed by atoms with Crippen molar-refractivity contribution in [1.82, 2.24) is 14.5 Å². The van der Waals surface area contributed by atoms with Crippen LogP contribution in [-0.2, 0) is 11.3 Å². The van der Waals surface area contributed by atoms with Gasteiger partial charge in [0, 0.05) is 24.7 Å². The molecule has 2 heterocycles. The first-order chi connectivity index (χ1) is 10.4. The summed E-state index contributed by atoms with van der Waals surface area (Å²) in [4.78, 5) is 38.8. The van der Waals surface area contributed by atoms with Crippen molar-refractivity contribution in [3.63, 3.8) is 0 Å². The average Bonchev–Trinajstić information content (AvgIpc) is 2.67. The number of hydrogen-bond acceptors (Lipinski definition) is 4. The number of hydrogen-bond donors (Lipinski definition) is 2. The van der Waals surface area contributed by atoms with Crippen molar-refractivity contribution in [3.05, 3.63) is 33.1 Å². The summed E-state index contributed by atoms with van der Waals surface area (Å²) in [6.45, 7) is 2.68. The normalized spacial score (nSPS) is 28.6. The minimum absolute atomic E-state index is 0.0362. The number of rotatable bonds is 3. The Balaban J connectivity index is 1.71. The molecule has 1 aromatic heterocycles. The molecule has 0 aromatic carbocycles. The average molecular weight is 307 g/mol. The number of nitrogens with zero attached hydrogens (tertiary/aromatic N) is 2. The Labute approximate surface area is 127 Å². The molecule has 0 unspecified atom stereocenters. The van der Waals surface area contributed by atoms with E-state index in [2.05, 4.69) is 4.98 Å². The molecule has 1 saturated heterocycles. The monoisotopic (exact) mass is 307 g/mol. The van der Waals surface area contributed by atoms with Crippen molar-refractivity contribution in [2.24, 2.45) is 11.8 Å². The zero-order chi connectivity index (χ0) is 15.9. The Hall–Kier alpha value is -1.89. The molecule has 1 aliphatic carbocycles. The zero-order valence-electron chi connectivity index (χ0n) is 12.6. The number of amides is 1. The van der Waals surface area contributed by atoms with Gasteiger partial charge in [0.2, 0.25) is 5.91 Å². The lowest BCUT2D eigenvalue weighted by Gasteiger charge is -2.41. The fourth-order valence-corrected chi connectivity index (χ4v) is 3.46. The Morgan fingerprint density at radius 2 is 2.18 bits per heavy atom. The molecule has 2 fully saturated rings. The summed E-state index contributed by atoms with van der Waals surface area (Å²) in [6.07, 6.45) is 4.49. The van der Waals surface area contributed by atoms with Gasteiger partial charge in [-0.05, 0) is 18.8 Å². The number of H-pyrrole nitrogens is 1. The lowest BCUT2D eigenvalue weighted by molar-refractivity contribution is -0.133. The summed E-state index contributed by atoms with van der Waals surface area (Å²) in [5, 5.41) is 10.8. The van der Waals surface area contributed by atoms with Crippen LogP contribution in [-0.4, -0.2) is 44.2 Å². The lowest BCUT2D eigenvalue weighted by atomic mass is 9.69. The van der Waals surface area contributed by atoms with Crippen molar-refractivity contribution in [3.8, 4) is 0 Å². The number of nitrogens with one attached hydrogen (secondary N) is 1. The van der Waals surface area contributed by atoms with Crippen molar-refractivity contribution >= 4 is 5.91 Å². The molecule has 2 aliphatic rings. The summed E-state index contributed by atoms with van der Waals surface area (Å²) in [5.41, 5.74) is -1.88. The van der Waals surface area contributed by atoms with E-state index in [1.165, 1.54) is 16.8 Å². The number of aliphatic hydroxyl groups is 1. The molecule has 1 saturated carbocycles. The molecule has 3 rings (SSSR count). The second-order valence-corrected chi connectivity index (χ2v) is 6.53. The van der Waals surface area contributed by atoms with Crippen molar-refractivity contribution in [1.29, 1.82) is 0 Å². The van der Waals surface area contributed by atoms with Gasteiger partial charge in [-0.15, -0.1) is 0 Å². The van der Waals surface area contributed by atoms with Crippen molar-refractivity contribution in [2.45, 2.75) is 38.3 Å². The number of likely N-dealkylation sites (tertiary alicyclic amines) is 1. The van der Waals surface area contributed by atoms with Gasteiger partial charge in [0.15, 0.2) is 0 Å².